The van der Waals surface area contributed by atoms with Gasteiger partial charge in [0.25, 0.3) is 0 Å². The third-order valence-electron chi connectivity index (χ3n) is 2.44. The second-order valence-electron chi connectivity index (χ2n) is 3.48. The zero-order chi connectivity index (χ0) is 11.1. The monoisotopic (exact) mass is 276 g/mol. The molecule has 0 spiro atoms. The minimum Gasteiger partial charge on any atom is -0.443 e. The molecule has 0 unspecified atom stereocenters. The van der Waals surface area contributed by atoms with Crippen LogP contribution >= 0.6 is 15.9 Å². The first kappa shape index (κ1) is 9.54. The summed E-state index contributed by atoms with van der Waals surface area (Å²) in [6, 6.07) is 12.6. The van der Waals surface area contributed by atoms with Crippen LogP contribution in [0.5, 0.6) is 0 Å². The molecule has 4 heteroatoms. The third kappa shape index (κ3) is 1.34. The molecule has 0 fully saturated rings. The second-order valence-corrected chi connectivity index (χ2v) is 4.39. The van der Waals surface area contributed by atoms with E-state index < -0.39 is 0 Å². The van der Waals surface area contributed by atoms with Gasteiger partial charge in [-0.05, 0) is 18.2 Å². The number of hydrogen-bond donors (Lipinski definition) is 0. The van der Waals surface area contributed by atoms with Crippen LogP contribution in [0.15, 0.2) is 51.4 Å². The lowest BCUT2D eigenvalue weighted by Gasteiger charge is -1.94. The number of hydrogen-bond acceptors (Lipinski definition) is 2. The molecule has 3 aromatic rings. The van der Waals surface area contributed by atoms with E-state index in [0.29, 0.717) is 22.2 Å². The molecule has 0 saturated heterocycles. The first-order valence-corrected chi connectivity index (χ1v) is 5.59. The quantitative estimate of drug-likeness (QED) is 0.467. The summed E-state index contributed by atoms with van der Waals surface area (Å²) in [4.78, 5) is 12.1. The normalized spacial score (nSPS) is 11.1. The molecule has 0 saturated carbocycles. The van der Waals surface area contributed by atoms with E-state index >= 15 is 0 Å². The van der Waals surface area contributed by atoms with E-state index in [1.165, 1.54) is 0 Å². The predicted molar refractivity (Wildman–Crippen MR) is 64.8 cm³/mol. The maximum Gasteiger partial charge on any atom is 0.307 e. The van der Waals surface area contributed by atoms with E-state index in [4.69, 9.17) is 4.42 Å². The lowest BCUT2D eigenvalue weighted by Crippen LogP contribution is -2.15. The highest BCUT2D eigenvalue weighted by atomic mass is 79.9. The highest BCUT2D eigenvalue weighted by Gasteiger charge is 2.15. The minimum absolute atomic E-state index is 0.521. The molecule has 2 aromatic carbocycles. The molecule has 1 aromatic heterocycles. The van der Waals surface area contributed by atoms with Gasteiger partial charge in [-0.3, -0.25) is 0 Å². The third-order valence-corrected chi connectivity index (χ3v) is 2.94. The van der Waals surface area contributed by atoms with E-state index in [9.17, 15) is 4.91 Å². The van der Waals surface area contributed by atoms with Crippen LogP contribution in [0.1, 0.15) is 0 Å². The van der Waals surface area contributed by atoms with Crippen molar-refractivity contribution in [2.24, 2.45) is 0 Å². The number of fused-ring (bicyclic) bond motifs is 2. The highest BCUT2D eigenvalue weighted by Crippen LogP contribution is 2.20. The largest absolute Gasteiger partial charge is 0.443 e. The minimum atomic E-state index is 0.521. The molecule has 0 aliphatic carbocycles. The number of benzene rings is 2. The van der Waals surface area contributed by atoms with Gasteiger partial charge in [-0.15, -0.1) is 0 Å². The Balaban J connectivity index is 2.61. The summed E-state index contributed by atoms with van der Waals surface area (Å²) in [5.74, 6) is 0. The number of para-hydroxylation sites is 2. The van der Waals surface area contributed by atoms with E-state index in [-0.39, 0.29) is 0 Å². The SMILES string of the molecule is O=[n+]1c2ccccc2oc2ccc(Br)cc21. The molecule has 0 aliphatic rings. The fourth-order valence-electron chi connectivity index (χ4n) is 1.70. The zero-order valence-electron chi connectivity index (χ0n) is 8.18. The molecule has 3 nitrogen and oxygen atoms in total. The maximum absolute atomic E-state index is 12.1. The Morgan fingerprint density at radius 2 is 1.75 bits per heavy atom. The standard InChI is InChI=1S/C12H7BrNO2/c13-8-5-6-12-10(7-8)14(15)9-3-1-2-4-11(9)16-12/h1-7H/q+1. The van der Waals surface area contributed by atoms with Crippen LogP contribution in [0.2, 0.25) is 0 Å². The van der Waals surface area contributed by atoms with Gasteiger partial charge >= 0.3 is 11.0 Å². The van der Waals surface area contributed by atoms with Gasteiger partial charge in [0.15, 0.2) is 0 Å². The summed E-state index contributed by atoms with van der Waals surface area (Å²) in [6.07, 6.45) is 0. The number of halogens is 1. The first-order valence-electron chi connectivity index (χ1n) is 4.79. The fourth-order valence-corrected chi connectivity index (χ4v) is 2.04. The van der Waals surface area contributed by atoms with Crippen LogP contribution in [0.4, 0.5) is 0 Å². The predicted octanol–water partition coefficient (Wildman–Crippen LogP) is 3.26. The molecule has 3 rings (SSSR count). The van der Waals surface area contributed by atoms with Gasteiger partial charge in [-0.25, -0.2) is 0 Å². The van der Waals surface area contributed by atoms with E-state index in [1.54, 1.807) is 24.3 Å². The van der Waals surface area contributed by atoms with Crippen molar-refractivity contribution >= 4 is 38.1 Å². The summed E-state index contributed by atoms with van der Waals surface area (Å²) >= 11 is 3.34. The Morgan fingerprint density at radius 1 is 1.00 bits per heavy atom. The molecular weight excluding hydrogens is 270 g/mol. The summed E-state index contributed by atoms with van der Waals surface area (Å²) in [5.41, 5.74) is 2.23. The van der Waals surface area contributed by atoms with Crippen molar-refractivity contribution in [1.29, 1.82) is 0 Å². The average molecular weight is 277 g/mol. The van der Waals surface area contributed by atoms with Crippen LogP contribution in [0.25, 0.3) is 22.2 Å². The van der Waals surface area contributed by atoms with Crippen molar-refractivity contribution in [2.45, 2.75) is 0 Å². The van der Waals surface area contributed by atoms with Crippen molar-refractivity contribution in [3.8, 4) is 0 Å². The summed E-state index contributed by atoms with van der Waals surface area (Å²) in [6.45, 7) is 0. The Kier molecular flexibility index (Phi) is 2.04. The number of nitrogens with zero attached hydrogens (tertiary/aromatic N) is 1. The van der Waals surface area contributed by atoms with Crippen LogP contribution in [0.3, 0.4) is 0 Å². The highest BCUT2D eigenvalue weighted by molar-refractivity contribution is 9.10. The van der Waals surface area contributed by atoms with Crippen LogP contribution in [-0.4, -0.2) is 0 Å². The van der Waals surface area contributed by atoms with E-state index in [1.807, 2.05) is 18.2 Å². The van der Waals surface area contributed by atoms with E-state index in [0.717, 1.165) is 8.90 Å². The first-order chi connectivity index (χ1) is 7.75. The molecule has 0 bridgehead atoms. The lowest BCUT2D eigenvalue weighted by molar-refractivity contribution is -0.433. The van der Waals surface area contributed by atoms with Gasteiger partial charge in [-0.1, -0.05) is 28.1 Å². The molecule has 1 heterocycles. The van der Waals surface area contributed by atoms with Gasteiger partial charge in [0.05, 0.1) is 4.43 Å². The lowest BCUT2D eigenvalue weighted by atomic mass is 10.3. The second kappa shape index (κ2) is 3.42. The molecule has 0 amide bonds. The van der Waals surface area contributed by atoms with E-state index in [2.05, 4.69) is 15.9 Å². The Bertz CT molecular complexity index is 749. The molecule has 0 radical (unpaired) electrons. The van der Waals surface area contributed by atoms with Gasteiger partial charge in [0, 0.05) is 21.5 Å². The van der Waals surface area contributed by atoms with Crippen LogP contribution in [0, 0.1) is 4.91 Å². The van der Waals surface area contributed by atoms with Gasteiger partial charge in [-0.2, -0.15) is 0 Å². The molecule has 0 atom stereocenters. The zero-order valence-corrected chi connectivity index (χ0v) is 9.77. The molecule has 0 aliphatic heterocycles. The van der Waals surface area contributed by atoms with Crippen molar-refractivity contribution < 1.29 is 8.84 Å². The maximum atomic E-state index is 12.1. The molecule has 78 valence electrons. The average Bonchev–Trinajstić information content (AvgIpc) is 2.31. The fraction of sp³-hybridized carbons (Fsp3) is 0. The Hall–Kier alpha value is -1.68. The van der Waals surface area contributed by atoms with Crippen LogP contribution < -0.4 is 4.43 Å². The summed E-state index contributed by atoms with van der Waals surface area (Å²) in [5, 5.41) is 0. The Morgan fingerprint density at radius 3 is 2.62 bits per heavy atom. The van der Waals surface area contributed by atoms with Gasteiger partial charge in [0.2, 0.25) is 11.2 Å². The van der Waals surface area contributed by atoms with Gasteiger partial charge in [0.1, 0.15) is 0 Å². The van der Waals surface area contributed by atoms with Crippen molar-refractivity contribution in [1.82, 2.24) is 0 Å². The van der Waals surface area contributed by atoms with Gasteiger partial charge < -0.3 is 4.42 Å². The summed E-state index contributed by atoms with van der Waals surface area (Å²) in [7, 11) is 0. The molecule has 16 heavy (non-hydrogen) atoms. The van der Waals surface area contributed by atoms with Crippen LogP contribution in [-0.2, 0) is 0 Å². The molecular formula is C12H7BrNO2+. The van der Waals surface area contributed by atoms with Crippen molar-refractivity contribution in [3.63, 3.8) is 0 Å². The Labute approximate surface area is 99.0 Å². The number of aromatic nitrogens is 1. The van der Waals surface area contributed by atoms with Crippen molar-refractivity contribution in [3.05, 3.63) is 51.8 Å². The summed E-state index contributed by atoms with van der Waals surface area (Å²) < 4.78 is 7.38. The molecule has 0 N–H and O–H groups in total. The smallest absolute Gasteiger partial charge is 0.307 e. The number of rotatable bonds is 0. The van der Waals surface area contributed by atoms with Crippen molar-refractivity contribution in [2.75, 3.05) is 0 Å². The topological polar surface area (TPSA) is 36.1 Å².